The molecule has 0 bridgehead atoms. The van der Waals surface area contributed by atoms with Crippen LogP contribution in [0.25, 0.3) is 0 Å². The standard InChI is InChI=1S/C20H29NO8S/c1-9(10(2)22)19-15(29-19)6-14-18(26)17(25)11(8-28-14)4-12(23)5-13(24)16-7-21-20(27-3)30-16/h7,9-11,14-15,17-19,22,25-26H,4-6,8H2,1-3H3/t9-,10-,11-,14-,15-,17+,18-,19-/m0/s1. The number of hydrogen-bond acceptors (Lipinski definition) is 10. The lowest BCUT2D eigenvalue weighted by molar-refractivity contribution is -0.170. The zero-order valence-corrected chi connectivity index (χ0v) is 18.1. The molecule has 2 fully saturated rings. The van der Waals surface area contributed by atoms with E-state index in [9.17, 15) is 24.9 Å². The second-order valence-electron chi connectivity index (χ2n) is 8.12. The molecular weight excluding hydrogens is 414 g/mol. The van der Waals surface area contributed by atoms with Crippen LogP contribution in [-0.2, 0) is 14.3 Å². The number of ether oxygens (including phenoxy) is 3. The van der Waals surface area contributed by atoms with Crippen molar-refractivity contribution in [2.75, 3.05) is 13.7 Å². The van der Waals surface area contributed by atoms with Crippen LogP contribution in [0.1, 0.15) is 42.8 Å². The lowest BCUT2D eigenvalue weighted by atomic mass is 9.86. The fraction of sp³-hybridized carbons (Fsp3) is 0.750. The molecule has 0 unspecified atom stereocenters. The third kappa shape index (κ3) is 5.43. The minimum absolute atomic E-state index is 0.0259. The van der Waals surface area contributed by atoms with Gasteiger partial charge in [-0.2, -0.15) is 0 Å². The van der Waals surface area contributed by atoms with Crippen molar-refractivity contribution in [1.29, 1.82) is 0 Å². The maximum absolute atomic E-state index is 12.3. The summed E-state index contributed by atoms with van der Waals surface area (Å²) in [7, 11) is 1.45. The highest BCUT2D eigenvalue weighted by Gasteiger charge is 2.48. The Morgan fingerprint density at radius 1 is 1.30 bits per heavy atom. The van der Waals surface area contributed by atoms with Gasteiger partial charge in [0.2, 0.25) is 0 Å². The molecule has 0 saturated carbocycles. The van der Waals surface area contributed by atoms with Crippen LogP contribution in [0.5, 0.6) is 5.19 Å². The van der Waals surface area contributed by atoms with Crippen LogP contribution in [0.15, 0.2) is 6.20 Å². The molecule has 0 amide bonds. The van der Waals surface area contributed by atoms with Crippen molar-refractivity contribution in [3.05, 3.63) is 11.1 Å². The fourth-order valence-electron chi connectivity index (χ4n) is 3.75. The Balaban J connectivity index is 1.46. The van der Waals surface area contributed by atoms with Gasteiger partial charge < -0.3 is 29.5 Å². The van der Waals surface area contributed by atoms with Gasteiger partial charge in [-0.15, -0.1) is 0 Å². The Bertz CT molecular complexity index is 753. The van der Waals surface area contributed by atoms with Gasteiger partial charge in [0.15, 0.2) is 5.78 Å². The Kier molecular flexibility index (Phi) is 7.59. The number of aliphatic hydroxyl groups is 3. The van der Waals surface area contributed by atoms with Crippen LogP contribution in [0.2, 0.25) is 0 Å². The monoisotopic (exact) mass is 443 g/mol. The minimum Gasteiger partial charge on any atom is -0.473 e. The van der Waals surface area contributed by atoms with Crippen LogP contribution >= 0.6 is 11.3 Å². The Morgan fingerprint density at radius 2 is 2.03 bits per heavy atom. The first-order valence-corrected chi connectivity index (χ1v) is 10.9. The largest absolute Gasteiger partial charge is 0.473 e. The Hall–Kier alpha value is -1.43. The lowest BCUT2D eigenvalue weighted by Gasteiger charge is -2.37. The highest BCUT2D eigenvalue weighted by atomic mass is 32.1. The number of epoxide rings is 1. The van der Waals surface area contributed by atoms with Crippen molar-refractivity contribution in [2.24, 2.45) is 11.8 Å². The van der Waals surface area contributed by atoms with Crippen LogP contribution < -0.4 is 4.74 Å². The fourth-order valence-corrected chi connectivity index (χ4v) is 4.42. The second kappa shape index (κ2) is 9.80. The van der Waals surface area contributed by atoms with E-state index in [-0.39, 0.29) is 49.1 Å². The molecule has 2 aliphatic heterocycles. The highest BCUT2D eigenvalue weighted by Crippen LogP contribution is 2.37. The number of aliphatic hydroxyl groups excluding tert-OH is 3. The molecule has 3 N–H and O–H groups in total. The maximum Gasteiger partial charge on any atom is 0.273 e. The number of thiazole rings is 1. The predicted octanol–water partition coefficient (Wildman–Crippen LogP) is 0.595. The average molecular weight is 444 g/mol. The molecule has 1 aromatic heterocycles. The van der Waals surface area contributed by atoms with E-state index in [2.05, 4.69) is 4.98 Å². The number of ketones is 2. The van der Waals surface area contributed by atoms with Crippen molar-refractivity contribution in [3.63, 3.8) is 0 Å². The average Bonchev–Trinajstić information content (AvgIpc) is 3.29. The molecule has 0 spiro atoms. The number of nitrogens with zero attached hydrogens (tertiary/aromatic N) is 1. The van der Waals surface area contributed by atoms with E-state index >= 15 is 0 Å². The van der Waals surface area contributed by atoms with E-state index in [1.165, 1.54) is 13.3 Å². The molecule has 0 aliphatic carbocycles. The van der Waals surface area contributed by atoms with Gasteiger partial charge in [-0.3, -0.25) is 9.59 Å². The topological polar surface area (TPSA) is 139 Å². The summed E-state index contributed by atoms with van der Waals surface area (Å²) in [6, 6.07) is 0. The van der Waals surface area contributed by atoms with E-state index in [4.69, 9.17) is 14.2 Å². The number of rotatable bonds is 10. The summed E-state index contributed by atoms with van der Waals surface area (Å²) in [5.41, 5.74) is 0. The molecular formula is C20H29NO8S. The molecule has 3 rings (SSSR count). The lowest BCUT2D eigenvalue weighted by Crippen LogP contribution is -2.51. The number of aromatic nitrogens is 1. The van der Waals surface area contributed by atoms with Crippen molar-refractivity contribution < 1.29 is 39.1 Å². The van der Waals surface area contributed by atoms with E-state index in [1.807, 2.05) is 6.92 Å². The number of hydrogen-bond donors (Lipinski definition) is 3. The van der Waals surface area contributed by atoms with Crippen LogP contribution in [-0.4, -0.2) is 82.2 Å². The predicted molar refractivity (Wildman–Crippen MR) is 107 cm³/mol. The van der Waals surface area contributed by atoms with Crippen LogP contribution in [0.3, 0.4) is 0 Å². The quantitative estimate of drug-likeness (QED) is 0.269. The summed E-state index contributed by atoms with van der Waals surface area (Å²) >= 11 is 1.07. The summed E-state index contributed by atoms with van der Waals surface area (Å²) in [5, 5.41) is 30.9. The molecule has 0 aromatic carbocycles. The zero-order valence-electron chi connectivity index (χ0n) is 17.3. The summed E-state index contributed by atoms with van der Waals surface area (Å²) in [5.74, 6) is -1.29. The van der Waals surface area contributed by atoms with Gasteiger partial charge in [-0.05, 0) is 6.92 Å². The van der Waals surface area contributed by atoms with Gasteiger partial charge in [0.05, 0.1) is 61.7 Å². The third-order valence-electron chi connectivity index (χ3n) is 5.89. The van der Waals surface area contributed by atoms with Gasteiger partial charge in [0, 0.05) is 24.7 Å². The molecule has 168 valence electrons. The SMILES string of the molecule is COc1ncc(C(=O)CC(=O)C[C@H]2CO[C@@H](C[C@@H]3O[C@H]3[C@@H](C)[C@H](C)O)[C@H](O)[C@@H]2O)s1. The smallest absolute Gasteiger partial charge is 0.273 e. The van der Waals surface area contributed by atoms with E-state index < -0.39 is 30.3 Å². The van der Waals surface area contributed by atoms with Crippen molar-refractivity contribution in [3.8, 4) is 5.19 Å². The maximum atomic E-state index is 12.3. The second-order valence-corrected chi connectivity index (χ2v) is 9.12. The van der Waals surface area contributed by atoms with Crippen LogP contribution in [0, 0.1) is 11.8 Å². The molecule has 2 saturated heterocycles. The van der Waals surface area contributed by atoms with Gasteiger partial charge in [0.25, 0.3) is 5.19 Å². The number of carbonyl (C=O) groups excluding carboxylic acids is 2. The Morgan fingerprint density at radius 3 is 2.67 bits per heavy atom. The minimum atomic E-state index is -1.15. The summed E-state index contributed by atoms with van der Waals surface area (Å²) in [6.07, 6.45) is -2.17. The molecule has 8 atom stereocenters. The van der Waals surface area contributed by atoms with Gasteiger partial charge in [-0.1, -0.05) is 18.3 Å². The van der Waals surface area contributed by atoms with Crippen molar-refractivity contribution in [2.45, 2.75) is 69.7 Å². The summed E-state index contributed by atoms with van der Waals surface area (Å²) in [4.78, 5) is 28.8. The van der Waals surface area contributed by atoms with E-state index in [0.717, 1.165) is 11.3 Å². The number of methoxy groups -OCH3 is 1. The van der Waals surface area contributed by atoms with Gasteiger partial charge in [0.1, 0.15) is 11.9 Å². The first kappa shape index (κ1) is 23.2. The van der Waals surface area contributed by atoms with Gasteiger partial charge in [-0.25, -0.2) is 4.98 Å². The molecule has 3 heterocycles. The normalized spacial score (nSPS) is 33.0. The molecule has 9 nitrogen and oxygen atoms in total. The molecule has 0 radical (unpaired) electrons. The van der Waals surface area contributed by atoms with Gasteiger partial charge >= 0.3 is 0 Å². The first-order valence-electron chi connectivity index (χ1n) is 10.1. The number of carbonyl (C=O) groups is 2. The van der Waals surface area contributed by atoms with Crippen LogP contribution in [0.4, 0.5) is 0 Å². The molecule has 2 aliphatic rings. The summed E-state index contributed by atoms with van der Waals surface area (Å²) in [6.45, 7) is 3.71. The highest BCUT2D eigenvalue weighted by molar-refractivity contribution is 7.15. The molecule has 1 aromatic rings. The van der Waals surface area contributed by atoms with E-state index in [0.29, 0.717) is 16.5 Å². The summed E-state index contributed by atoms with van der Waals surface area (Å²) < 4.78 is 16.2. The third-order valence-corrected chi connectivity index (χ3v) is 6.88. The van der Waals surface area contributed by atoms with Crippen molar-refractivity contribution in [1.82, 2.24) is 4.98 Å². The zero-order chi connectivity index (χ0) is 22.0. The first-order chi connectivity index (χ1) is 14.2. The Labute approximate surface area is 179 Å². The molecule has 30 heavy (non-hydrogen) atoms. The van der Waals surface area contributed by atoms with E-state index in [1.54, 1.807) is 6.92 Å². The van der Waals surface area contributed by atoms with Crippen molar-refractivity contribution >= 4 is 22.9 Å². The number of Topliss-reactive ketones (excluding diaryl/α,β-unsaturated/α-hetero) is 2. The molecule has 10 heteroatoms.